The summed E-state index contributed by atoms with van der Waals surface area (Å²) < 4.78 is 49.9. The van der Waals surface area contributed by atoms with Crippen LogP contribution in [0.25, 0.3) is 0 Å². The number of benzene rings is 2. The van der Waals surface area contributed by atoms with Crippen molar-refractivity contribution in [3.8, 4) is 11.5 Å². The second kappa shape index (κ2) is 6.65. The molecule has 7 heteroatoms. The van der Waals surface area contributed by atoms with Gasteiger partial charge in [0.25, 0.3) is 0 Å². The molecule has 2 aromatic carbocycles. The van der Waals surface area contributed by atoms with Crippen molar-refractivity contribution in [2.75, 3.05) is 18.9 Å². The molecule has 5 nitrogen and oxygen atoms in total. The van der Waals surface area contributed by atoms with Gasteiger partial charge in [-0.2, -0.15) is 0 Å². The summed E-state index contributed by atoms with van der Waals surface area (Å²) in [5.74, 6) is 0.195. The lowest BCUT2D eigenvalue weighted by atomic mass is 10.2. The Balaban J connectivity index is 2.22. The van der Waals surface area contributed by atoms with Crippen molar-refractivity contribution in [1.29, 1.82) is 0 Å². The van der Waals surface area contributed by atoms with Gasteiger partial charge < -0.3 is 9.47 Å². The Bertz CT molecular complexity index is 745. The van der Waals surface area contributed by atoms with Crippen LogP contribution in [0.4, 0.5) is 10.1 Å². The number of nitrogens with one attached hydrogen (secondary N) is 1. The molecule has 0 aromatic heterocycles. The molecule has 0 fully saturated rings. The second-order valence-corrected chi connectivity index (χ2v) is 6.28. The van der Waals surface area contributed by atoms with Gasteiger partial charge in [-0.1, -0.05) is 12.1 Å². The first-order valence-electron chi connectivity index (χ1n) is 6.40. The molecule has 0 bridgehead atoms. The van der Waals surface area contributed by atoms with E-state index < -0.39 is 15.8 Å². The average Bonchev–Trinajstić information content (AvgIpc) is 2.49. The Hall–Kier alpha value is -2.28. The van der Waals surface area contributed by atoms with Gasteiger partial charge in [0.05, 0.1) is 25.7 Å². The Kier molecular flexibility index (Phi) is 4.87. The molecule has 0 aliphatic heterocycles. The largest absolute Gasteiger partial charge is 0.497 e. The molecule has 0 unspecified atom stereocenters. The Morgan fingerprint density at radius 2 is 1.73 bits per heavy atom. The molecule has 0 amide bonds. The zero-order chi connectivity index (χ0) is 16.2. The van der Waals surface area contributed by atoms with Gasteiger partial charge in [-0.05, 0) is 29.8 Å². The van der Waals surface area contributed by atoms with E-state index in [0.717, 1.165) is 0 Å². The Labute approximate surface area is 128 Å². The van der Waals surface area contributed by atoms with Crippen LogP contribution < -0.4 is 14.2 Å². The average molecular weight is 325 g/mol. The van der Waals surface area contributed by atoms with E-state index in [1.165, 1.54) is 44.6 Å². The molecule has 118 valence electrons. The highest BCUT2D eigenvalue weighted by molar-refractivity contribution is 7.91. The predicted molar refractivity (Wildman–Crippen MR) is 82.2 cm³/mol. The third-order valence-electron chi connectivity index (χ3n) is 2.94. The molecule has 0 atom stereocenters. The number of sulfonamides is 1. The third kappa shape index (κ3) is 4.11. The van der Waals surface area contributed by atoms with Crippen molar-refractivity contribution in [1.82, 2.24) is 0 Å². The van der Waals surface area contributed by atoms with Gasteiger partial charge in [-0.15, -0.1) is 0 Å². The Morgan fingerprint density at radius 1 is 1.05 bits per heavy atom. The minimum Gasteiger partial charge on any atom is -0.497 e. The van der Waals surface area contributed by atoms with Gasteiger partial charge in [-0.25, -0.2) is 12.8 Å². The fraction of sp³-hybridized carbons (Fsp3) is 0.200. The van der Waals surface area contributed by atoms with E-state index in [0.29, 0.717) is 17.1 Å². The van der Waals surface area contributed by atoms with Crippen LogP contribution in [-0.2, 0) is 15.8 Å². The second-order valence-electron chi connectivity index (χ2n) is 4.55. The van der Waals surface area contributed by atoms with E-state index in [1.807, 2.05) is 0 Å². The molecule has 22 heavy (non-hydrogen) atoms. The smallest absolute Gasteiger partial charge is 0.237 e. The molecule has 0 saturated heterocycles. The van der Waals surface area contributed by atoms with Crippen LogP contribution in [-0.4, -0.2) is 22.6 Å². The van der Waals surface area contributed by atoms with Crippen molar-refractivity contribution in [2.24, 2.45) is 0 Å². The Morgan fingerprint density at radius 3 is 2.32 bits per heavy atom. The van der Waals surface area contributed by atoms with Gasteiger partial charge in [0.15, 0.2) is 0 Å². The maximum atomic E-state index is 12.9. The number of halogens is 1. The third-order valence-corrected chi connectivity index (χ3v) is 4.19. The molecule has 2 aromatic rings. The van der Waals surface area contributed by atoms with Crippen molar-refractivity contribution < 1.29 is 22.3 Å². The minimum atomic E-state index is -3.67. The maximum Gasteiger partial charge on any atom is 0.237 e. The highest BCUT2D eigenvalue weighted by Crippen LogP contribution is 2.30. The number of methoxy groups -OCH3 is 2. The molecule has 0 heterocycles. The summed E-state index contributed by atoms with van der Waals surface area (Å²) in [6, 6.07) is 10.1. The van der Waals surface area contributed by atoms with Crippen LogP contribution in [0.5, 0.6) is 11.5 Å². The standard InChI is InChI=1S/C15H16FNO4S/c1-20-13-7-8-15(21-2)14(9-13)17-22(18,19)10-11-3-5-12(16)6-4-11/h3-9,17H,10H2,1-2H3. The fourth-order valence-corrected chi connectivity index (χ4v) is 3.10. The summed E-state index contributed by atoms with van der Waals surface area (Å²) in [5.41, 5.74) is 0.764. The summed E-state index contributed by atoms with van der Waals surface area (Å²) in [4.78, 5) is 0. The van der Waals surface area contributed by atoms with E-state index in [9.17, 15) is 12.8 Å². The van der Waals surface area contributed by atoms with Crippen LogP contribution >= 0.6 is 0 Å². The van der Waals surface area contributed by atoms with Crippen LogP contribution in [0.3, 0.4) is 0 Å². The van der Waals surface area contributed by atoms with Crippen molar-refractivity contribution in [3.63, 3.8) is 0 Å². The molecule has 0 saturated carbocycles. The van der Waals surface area contributed by atoms with E-state index in [2.05, 4.69) is 4.72 Å². The first-order chi connectivity index (χ1) is 10.4. The molecular weight excluding hydrogens is 309 g/mol. The van der Waals surface area contributed by atoms with Crippen LogP contribution in [0.15, 0.2) is 42.5 Å². The zero-order valence-corrected chi connectivity index (χ0v) is 13.0. The van der Waals surface area contributed by atoms with Gasteiger partial charge in [0.2, 0.25) is 10.0 Å². The van der Waals surface area contributed by atoms with Gasteiger partial charge in [0, 0.05) is 6.07 Å². The van der Waals surface area contributed by atoms with E-state index in [-0.39, 0.29) is 11.4 Å². The van der Waals surface area contributed by atoms with Crippen molar-refractivity contribution >= 4 is 15.7 Å². The molecule has 0 aliphatic rings. The normalized spacial score (nSPS) is 11.0. The zero-order valence-electron chi connectivity index (χ0n) is 12.2. The number of rotatable bonds is 6. The lowest BCUT2D eigenvalue weighted by Gasteiger charge is -2.13. The highest BCUT2D eigenvalue weighted by Gasteiger charge is 2.15. The monoisotopic (exact) mass is 325 g/mol. The topological polar surface area (TPSA) is 64.6 Å². The molecule has 0 radical (unpaired) electrons. The summed E-state index contributed by atoms with van der Waals surface area (Å²) >= 11 is 0. The molecular formula is C15H16FNO4S. The number of ether oxygens (including phenoxy) is 2. The molecule has 2 rings (SSSR count). The maximum absolute atomic E-state index is 12.9. The van der Waals surface area contributed by atoms with Crippen molar-refractivity contribution in [3.05, 3.63) is 53.8 Å². The van der Waals surface area contributed by atoms with Crippen molar-refractivity contribution in [2.45, 2.75) is 5.75 Å². The fourth-order valence-electron chi connectivity index (χ4n) is 1.90. The number of hydrogen-bond donors (Lipinski definition) is 1. The molecule has 0 spiro atoms. The summed E-state index contributed by atoms with van der Waals surface area (Å²) in [6.07, 6.45) is 0. The molecule has 1 N–H and O–H groups in total. The van der Waals surface area contributed by atoms with Crippen LogP contribution in [0, 0.1) is 5.82 Å². The van der Waals surface area contributed by atoms with Gasteiger partial charge in [-0.3, -0.25) is 4.72 Å². The van der Waals surface area contributed by atoms with Gasteiger partial charge >= 0.3 is 0 Å². The SMILES string of the molecule is COc1ccc(OC)c(NS(=O)(=O)Cc2ccc(F)cc2)c1. The van der Waals surface area contributed by atoms with Gasteiger partial charge in [0.1, 0.15) is 17.3 Å². The first kappa shape index (κ1) is 16.1. The number of hydrogen-bond acceptors (Lipinski definition) is 4. The predicted octanol–water partition coefficient (Wildman–Crippen LogP) is 2.78. The van der Waals surface area contributed by atoms with Crippen LogP contribution in [0.1, 0.15) is 5.56 Å². The lowest BCUT2D eigenvalue weighted by molar-refractivity contribution is 0.405. The van der Waals surface area contributed by atoms with E-state index in [1.54, 1.807) is 12.1 Å². The minimum absolute atomic E-state index is 0.270. The highest BCUT2D eigenvalue weighted by atomic mass is 32.2. The first-order valence-corrected chi connectivity index (χ1v) is 8.06. The van der Waals surface area contributed by atoms with Crippen LogP contribution in [0.2, 0.25) is 0 Å². The quantitative estimate of drug-likeness (QED) is 0.887. The van der Waals surface area contributed by atoms with E-state index in [4.69, 9.17) is 9.47 Å². The summed E-state index contributed by atoms with van der Waals surface area (Å²) in [6.45, 7) is 0. The van der Waals surface area contributed by atoms with E-state index >= 15 is 0 Å². The number of anilines is 1. The molecule has 0 aliphatic carbocycles. The summed E-state index contributed by atoms with van der Waals surface area (Å²) in [7, 11) is -0.737. The summed E-state index contributed by atoms with van der Waals surface area (Å²) in [5, 5.41) is 0. The lowest BCUT2D eigenvalue weighted by Crippen LogP contribution is -2.15.